The Morgan fingerprint density at radius 1 is 1.32 bits per heavy atom. The fourth-order valence-corrected chi connectivity index (χ4v) is 4.66. The Labute approximate surface area is 130 Å². The average Bonchev–Trinajstić information content (AvgIpc) is 2.99. The number of carbonyl (C=O) groups is 1. The summed E-state index contributed by atoms with van der Waals surface area (Å²) in [4.78, 5) is 12.5. The van der Waals surface area contributed by atoms with Crippen LogP contribution in [-0.2, 0) is 9.84 Å². The fourth-order valence-electron chi connectivity index (χ4n) is 2.98. The van der Waals surface area contributed by atoms with Crippen molar-refractivity contribution in [2.24, 2.45) is 0 Å². The van der Waals surface area contributed by atoms with Gasteiger partial charge in [0.1, 0.15) is 0 Å². The highest BCUT2D eigenvalue weighted by Gasteiger charge is 2.29. The summed E-state index contributed by atoms with van der Waals surface area (Å²) in [7, 11) is -2.99. The first-order chi connectivity index (χ1) is 10.4. The van der Waals surface area contributed by atoms with Gasteiger partial charge in [-0.25, -0.2) is 8.42 Å². The van der Waals surface area contributed by atoms with Crippen LogP contribution in [0.1, 0.15) is 36.7 Å². The Morgan fingerprint density at radius 2 is 2.05 bits per heavy atom. The lowest BCUT2D eigenvalue weighted by Crippen LogP contribution is -2.35. The molecule has 1 N–H and O–H groups in total. The molecule has 6 heteroatoms. The molecule has 1 aromatic heterocycles. The molecule has 1 amide bonds. The maximum atomic E-state index is 12.5. The Balaban J connectivity index is 1.91. The van der Waals surface area contributed by atoms with E-state index in [1.54, 1.807) is 0 Å². The molecule has 118 valence electrons. The molecule has 2 heterocycles. The first-order valence-corrected chi connectivity index (χ1v) is 9.30. The third kappa shape index (κ3) is 2.75. The van der Waals surface area contributed by atoms with Gasteiger partial charge in [-0.15, -0.1) is 0 Å². The van der Waals surface area contributed by atoms with Crippen LogP contribution in [0.15, 0.2) is 30.5 Å². The van der Waals surface area contributed by atoms with E-state index in [0.29, 0.717) is 12.0 Å². The van der Waals surface area contributed by atoms with Crippen molar-refractivity contribution in [1.29, 1.82) is 0 Å². The van der Waals surface area contributed by atoms with Gasteiger partial charge in [0.05, 0.1) is 17.1 Å². The first kappa shape index (κ1) is 15.1. The van der Waals surface area contributed by atoms with Crippen molar-refractivity contribution >= 4 is 26.6 Å². The zero-order valence-corrected chi connectivity index (χ0v) is 13.6. The lowest BCUT2D eigenvalue weighted by molar-refractivity contribution is 0.0942. The molecule has 1 fully saturated rings. The predicted octanol–water partition coefficient (Wildman–Crippen LogP) is 2.14. The van der Waals surface area contributed by atoms with E-state index in [-0.39, 0.29) is 29.5 Å². The number of aromatic nitrogens is 1. The van der Waals surface area contributed by atoms with E-state index < -0.39 is 9.84 Å². The van der Waals surface area contributed by atoms with Crippen LogP contribution in [0.5, 0.6) is 0 Å². The van der Waals surface area contributed by atoms with Crippen LogP contribution < -0.4 is 5.32 Å². The van der Waals surface area contributed by atoms with E-state index in [1.165, 1.54) is 0 Å². The van der Waals surface area contributed by atoms with E-state index in [0.717, 1.165) is 10.9 Å². The van der Waals surface area contributed by atoms with Gasteiger partial charge in [-0.3, -0.25) is 4.79 Å². The predicted molar refractivity (Wildman–Crippen MR) is 86.8 cm³/mol. The molecule has 1 aliphatic rings. The molecular weight excluding hydrogens is 300 g/mol. The Bertz CT molecular complexity index is 821. The lowest BCUT2D eigenvalue weighted by Gasteiger charge is -2.10. The van der Waals surface area contributed by atoms with E-state index in [2.05, 4.69) is 23.7 Å². The normalized spacial score (nSPS) is 20.6. The molecule has 1 aliphatic heterocycles. The summed E-state index contributed by atoms with van der Waals surface area (Å²) in [5.74, 6) is 0.00507. The zero-order chi connectivity index (χ0) is 15.9. The number of nitrogens with zero attached hydrogens (tertiary/aromatic N) is 1. The number of sulfone groups is 1. The molecule has 0 radical (unpaired) electrons. The largest absolute Gasteiger partial charge is 0.348 e. The molecule has 1 aromatic carbocycles. The van der Waals surface area contributed by atoms with Crippen LogP contribution in [0.2, 0.25) is 0 Å². The summed E-state index contributed by atoms with van der Waals surface area (Å²) in [6.45, 7) is 4.13. The van der Waals surface area contributed by atoms with Crippen LogP contribution in [0.3, 0.4) is 0 Å². The second-order valence-electron chi connectivity index (χ2n) is 6.13. The number of benzene rings is 1. The van der Waals surface area contributed by atoms with Gasteiger partial charge in [-0.1, -0.05) is 18.2 Å². The molecule has 5 nitrogen and oxygen atoms in total. The number of nitrogens with one attached hydrogen (secondary N) is 1. The SMILES string of the molecule is CC(C)n1cc(C(=O)N[C@H]2CCS(=O)(=O)C2)c2ccccc21. The minimum Gasteiger partial charge on any atom is -0.348 e. The van der Waals surface area contributed by atoms with E-state index in [9.17, 15) is 13.2 Å². The van der Waals surface area contributed by atoms with E-state index in [1.807, 2.05) is 30.5 Å². The van der Waals surface area contributed by atoms with Gasteiger partial charge in [-0.05, 0) is 26.3 Å². The molecule has 0 saturated carbocycles. The van der Waals surface area contributed by atoms with Gasteiger partial charge >= 0.3 is 0 Å². The molecule has 0 spiro atoms. The minimum absolute atomic E-state index is 0.0432. The second-order valence-corrected chi connectivity index (χ2v) is 8.36. The molecule has 1 saturated heterocycles. The molecule has 1 atom stereocenters. The maximum Gasteiger partial charge on any atom is 0.253 e. The van der Waals surface area contributed by atoms with Crippen molar-refractivity contribution in [3.8, 4) is 0 Å². The third-order valence-corrected chi connectivity index (χ3v) is 5.88. The van der Waals surface area contributed by atoms with Crippen LogP contribution in [0.4, 0.5) is 0 Å². The standard InChI is InChI=1S/C16H20N2O3S/c1-11(2)18-9-14(13-5-3-4-6-15(13)18)16(19)17-12-7-8-22(20,21)10-12/h3-6,9,11-12H,7-8,10H2,1-2H3,(H,17,19)/t12-/m0/s1. The third-order valence-electron chi connectivity index (χ3n) is 4.11. The highest BCUT2D eigenvalue weighted by atomic mass is 32.2. The van der Waals surface area contributed by atoms with Crippen LogP contribution >= 0.6 is 0 Å². The minimum atomic E-state index is -2.99. The topological polar surface area (TPSA) is 68.2 Å². The van der Waals surface area contributed by atoms with Crippen LogP contribution in [0.25, 0.3) is 10.9 Å². The molecular formula is C16H20N2O3S. The van der Waals surface area contributed by atoms with Crippen LogP contribution in [0, 0.1) is 0 Å². The summed E-state index contributed by atoms with van der Waals surface area (Å²) in [6.07, 6.45) is 2.35. The number of hydrogen-bond acceptors (Lipinski definition) is 3. The van der Waals surface area contributed by atoms with Crippen molar-refractivity contribution in [1.82, 2.24) is 9.88 Å². The Hall–Kier alpha value is -1.82. The summed E-state index contributed by atoms with van der Waals surface area (Å²) in [6, 6.07) is 7.74. The molecule has 2 aromatic rings. The molecule has 0 aliphatic carbocycles. The summed E-state index contributed by atoms with van der Waals surface area (Å²) in [5, 5.41) is 3.76. The number of fused-ring (bicyclic) bond motifs is 1. The van der Waals surface area contributed by atoms with Crippen molar-refractivity contribution in [2.75, 3.05) is 11.5 Å². The second kappa shape index (κ2) is 5.43. The van der Waals surface area contributed by atoms with Gasteiger partial charge < -0.3 is 9.88 Å². The van der Waals surface area contributed by atoms with Gasteiger partial charge in [0.15, 0.2) is 9.84 Å². The van der Waals surface area contributed by atoms with Gasteiger partial charge in [-0.2, -0.15) is 0 Å². The van der Waals surface area contributed by atoms with Crippen molar-refractivity contribution in [3.05, 3.63) is 36.0 Å². The average molecular weight is 320 g/mol. The van der Waals surface area contributed by atoms with Crippen LogP contribution in [-0.4, -0.2) is 36.4 Å². The monoisotopic (exact) mass is 320 g/mol. The smallest absolute Gasteiger partial charge is 0.253 e. The number of amides is 1. The summed E-state index contributed by atoms with van der Waals surface area (Å²) < 4.78 is 25.1. The van der Waals surface area contributed by atoms with Gasteiger partial charge in [0, 0.05) is 29.2 Å². The number of rotatable bonds is 3. The molecule has 3 rings (SSSR count). The fraction of sp³-hybridized carbons (Fsp3) is 0.438. The van der Waals surface area contributed by atoms with Gasteiger partial charge in [0.2, 0.25) is 0 Å². The van der Waals surface area contributed by atoms with Crippen molar-refractivity contribution < 1.29 is 13.2 Å². The zero-order valence-electron chi connectivity index (χ0n) is 12.7. The van der Waals surface area contributed by atoms with Crippen molar-refractivity contribution in [3.63, 3.8) is 0 Å². The number of hydrogen-bond donors (Lipinski definition) is 1. The number of para-hydroxylation sites is 1. The Morgan fingerprint density at radius 3 is 2.68 bits per heavy atom. The van der Waals surface area contributed by atoms with E-state index >= 15 is 0 Å². The summed E-state index contributed by atoms with van der Waals surface area (Å²) >= 11 is 0. The first-order valence-electron chi connectivity index (χ1n) is 7.48. The highest BCUT2D eigenvalue weighted by molar-refractivity contribution is 7.91. The van der Waals surface area contributed by atoms with Gasteiger partial charge in [0.25, 0.3) is 5.91 Å². The maximum absolute atomic E-state index is 12.5. The summed E-state index contributed by atoms with van der Waals surface area (Å²) in [5.41, 5.74) is 1.62. The lowest BCUT2D eigenvalue weighted by atomic mass is 10.1. The quantitative estimate of drug-likeness (QED) is 0.942. The molecule has 0 unspecified atom stereocenters. The molecule has 0 bridgehead atoms. The van der Waals surface area contributed by atoms with E-state index in [4.69, 9.17) is 0 Å². The Kier molecular flexibility index (Phi) is 3.72. The number of carbonyl (C=O) groups excluding carboxylic acids is 1. The van der Waals surface area contributed by atoms with Crippen molar-refractivity contribution in [2.45, 2.75) is 32.4 Å². The molecule has 22 heavy (non-hydrogen) atoms. The highest BCUT2D eigenvalue weighted by Crippen LogP contribution is 2.25.